The first-order valence-electron chi connectivity index (χ1n) is 12.2. The average molecular weight is 560 g/mol. The van der Waals surface area contributed by atoms with Crippen LogP contribution in [-0.4, -0.2) is 53.0 Å². The SMILES string of the molecule is C[C@@H]1CN(c2c(NC(=O)c3c[nH]c(=O)cc3C(F)(F)F)ccc(F)c2-c2ccc3ncsc3c2)C[C@H](C)N1C. The Morgan fingerprint density at radius 1 is 1.13 bits per heavy atom. The molecule has 1 fully saturated rings. The van der Waals surface area contributed by atoms with Crippen molar-refractivity contribution in [3.8, 4) is 11.1 Å². The van der Waals surface area contributed by atoms with E-state index in [1.807, 2.05) is 31.9 Å². The zero-order chi connectivity index (χ0) is 28.1. The van der Waals surface area contributed by atoms with Crippen LogP contribution in [0.25, 0.3) is 21.3 Å². The van der Waals surface area contributed by atoms with E-state index in [4.69, 9.17) is 0 Å². The van der Waals surface area contributed by atoms with Crippen molar-refractivity contribution in [2.75, 3.05) is 30.4 Å². The van der Waals surface area contributed by atoms with Crippen LogP contribution in [0.5, 0.6) is 0 Å². The number of rotatable bonds is 4. The number of nitrogens with one attached hydrogen (secondary N) is 2. The molecule has 0 bridgehead atoms. The molecule has 1 amide bonds. The van der Waals surface area contributed by atoms with E-state index in [0.29, 0.717) is 30.4 Å². The number of aromatic amines is 1. The highest BCUT2D eigenvalue weighted by atomic mass is 32.1. The number of likely N-dealkylation sites (N-methyl/N-ethyl adjacent to an activating group) is 1. The third-order valence-corrected chi connectivity index (χ3v) is 7.94. The van der Waals surface area contributed by atoms with E-state index < -0.39 is 34.6 Å². The highest BCUT2D eigenvalue weighted by molar-refractivity contribution is 7.16. The van der Waals surface area contributed by atoms with Crippen LogP contribution in [-0.2, 0) is 6.18 Å². The van der Waals surface area contributed by atoms with Crippen LogP contribution in [0.3, 0.4) is 0 Å². The fourth-order valence-corrected chi connectivity index (χ4v) is 5.67. The number of pyridine rings is 1. The highest BCUT2D eigenvalue weighted by Gasteiger charge is 2.36. The summed E-state index contributed by atoms with van der Waals surface area (Å²) in [5.41, 5.74) is 0.669. The Hall–Kier alpha value is -3.77. The predicted octanol–water partition coefficient (Wildman–Crippen LogP) is 5.59. The summed E-state index contributed by atoms with van der Waals surface area (Å²) in [4.78, 5) is 35.4. The first-order valence-corrected chi connectivity index (χ1v) is 13.1. The number of hydrogen-bond donors (Lipinski definition) is 2. The predicted molar refractivity (Wildman–Crippen MR) is 144 cm³/mol. The number of H-pyrrole nitrogens is 1. The van der Waals surface area contributed by atoms with Crippen molar-refractivity contribution in [2.24, 2.45) is 0 Å². The van der Waals surface area contributed by atoms with E-state index in [0.717, 1.165) is 16.4 Å². The maximum Gasteiger partial charge on any atom is 0.417 e. The van der Waals surface area contributed by atoms with E-state index in [9.17, 15) is 22.8 Å². The van der Waals surface area contributed by atoms with Crippen LogP contribution < -0.4 is 15.8 Å². The Kier molecular flexibility index (Phi) is 6.93. The number of hydrogen-bond acceptors (Lipinski definition) is 6. The fourth-order valence-electron chi connectivity index (χ4n) is 4.95. The Morgan fingerprint density at radius 3 is 2.54 bits per heavy atom. The van der Waals surface area contributed by atoms with Gasteiger partial charge in [0.15, 0.2) is 0 Å². The third-order valence-electron chi connectivity index (χ3n) is 7.15. The van der Waals surface area contributed by atoms with Gasteiger partial charge in [-0.1, -0.05) is 6.07 Å². The Morgan fingerprint density at radius 2 is 1.85 bits per heavy atom. The number of carbonyl (C=O) groups is 1. The Labute approximate surface area is 225 Å². The molecule has 12 heteroatoms. The molecule has 2 atom stereocenters. The lowest BCUT2D eigenvalue weighted by molar-refractivity contribution is -0.138. The number of aromatic nitrogens is 2. The van der Waals surface area contributed by atoms with Crippen molar-refractivity contribution in [2.45, 2.75) is 32.1 Å². The van der Waals surface area contributed by atoms with Gasteiger partial charge in [-0.05, 0) is 50.7 Å². The molecule has 0 spiro atoms. The number of anilines is 2. The standard InChI is InChI=1S/C27H25F4N5O2S/c1-14-11-36(12-15(2)35(14)3)25-21(34-26(38)17-10-32-23(37)9-18(17)27(29,30)31)7-5-19(28)24(25)16-4-6-20-22(8-16)39-13-33-20/h4-10,13-15H,11-12H2,1-3H3,(H,32,37)(H,34,38)/t14-,15+. The minimum Gasteiger partial charge on any atom is -0.366 e. The molecule has 3 heterocycles. The molecule has 39 heavy (non-hydrogen) atoms. The molecule has 1 saturated heterocycles. The van der Waals surface area contributed by atoms with Gasteiger partial charge in [-0.2, -0.15) is 13.2 Å². The number of carbonyl (C=O) groups excluding carboxylic acids is 1. The van der Waals surface area contributed by atoms with Crippen LogP contribution in [0.4, 0.5) is 28.9 Å². The van der Waals surface area contributed by atoms with Gasteiger partial charge in [0.2, 0.25) is 5.56 Å². The lowest BCUT2D eigenvalue weighted by Crippen LogP contribution is -2.55. The summed E-state index contributed by atoms with van der Waals surface area (Å²) < 4.78 is 57.5. The van der Waals surface area contributed by atoms with Crippen molar-refractivity contribution in [3.63, 3.8) is 0 Å². The molecule has 0 radical (unpaired) electrons. The van der Waals surface area contributed by atoms with E-state index in [1.165, 1.54) is 23.5 Å². The average Bonchev–Trinajstić information content (AvgIpc) is 3.35. The zero-order valence-electron chi connectivity index (χ0n) is 21.3. The maximum atomic E-state index is 15.6. The van der Waals surface area contributed by atoms with Crippen LogP contribution in [0.1, 0.15) is 29.8 Å². The van der Waals surface area contributed by atoms with Gasteiger partial charge in [0, 0.05) is 43.0 Å². The van der Waals surface area contributed by atoms with E-state index in [2.05, 4.69) is 20.2 Å². The van der Waals surface area contributed by atoms with Crippen molar-refractivity contribution < 1.29 is 22.4 Å². The molecule has 5 rings (SSSR count). The quantitative estimate of drug-likeness (QED) is 0.319. The molecule has 204 valence electrons. The summed E-state index contributed by atoms with van der Waals surface area (Å²) in [6.45, 7) is 5.04. The molecular weight excluding hydrogens is 534 g/mol. The van der Waals surface area contributed by atoms with Crippen molar-refractivity contribution >= 4 is 38.8 Å². The molecule has 2 N–H and O–H groups in total. The van der Waals surface area contributed by atoms with Gasteiger partial charge in [0.25, 0.3) is 5.91 Å². The fraction of sp³-hybridized carbons (Fsp3) is 0.296. The third kappa shape index (κ3) is 5.13. The summed E-state index contributed by atoms with van der Waals surface area (Å²) in [6.07, 6.45) is -4.19. The number of alkyl halides is 3. The Balaban J connectivity index is 1.66. The molecule has 0 unspecified atom stereocenters. The highest BCUT2D eigenvalue weighted by Crippen LogP contribution is 2.42. The summed E-state index contributed by atoms with van der Waals surface area (Å²) >= 11 is 1.40. The van der Waals surface area contributed by atoms with Gasteiger partial charge in [-0.25, -0.2) is 9.37 Å². The Bertz CT molecular complexity index is 1600. The smallest absolute Gasteiger partial charge is 0.366 e. The molecule has 1 aliphatic rings. The molecule has 2 aromatic heterocycles. The molecule has 2 aromatic carbocycles. The number of fused-ring (bicyclic) bond motifs is 1. The minimum absolute atomic E-state index is 0.0772. The number of thiazole rings is 1. The first kappa shape index (κ1) is 26.8. The van der Waals surface area contributed by atoms with E-state index >= 15 is 4.39 Å². The lowest BCUT2D eigenvalue weighted by Gasteiger charge is -2.44. The minimum atomic E-state index is -4.93. The normalized spacial score (nSPS) is 18.5. The molecule has 0 saturated carbocycles. The van der Waals surface area contributed by atoms with Gasteiger partial charge in [-0.3, -0.25) is 14.5 Å². The van der Waals surface area contributed by atoms with Gasteiger partial charge in [-0.15, -0.1) is 11.3 Å². The maximum absolute atomic E-state index is 15.6. The molecule has 0 aliphatic carbocycles. The second-order valence-corrected chi connectivity index (χ2v) is 10.6. The van der Waals surface area contributed by atoms with Crippen molar-refractivity contribution in [3.05, 3.63) is 75.4 Å². The summed E-state index contributed by atoms with van der Waals surface area (Å²) in [6, 6.07) is 8.37. The second-order valence-electron chi connectivity index (χ2n) is 9.70. The van der Waals surface area contributed by atoms with Crippen LogP contribution in [0.2, 0.25) is 0 Å². The van der Waals surface area contributed by atoms with Gasteiger partial charge >= 0.3 is 6.18 Å². The summed E-state index contributed by atoms with van der Waals surface area (Å²) in [5, 5.41) is 2.57. The molecule has 7 nitrogen and oxygen atoms in total. The van der Waals surface area contributed by atoms with Gasteiger partial charge in [0.1, 0.15) is 5.82 Å². The topological polar surface area (TPSA) is 81.3 Å². The number of benzene rings is 2. The second kappa shape index (κ2) is 10.1. The van der Waals surface area contributed by atoms with Gasteiger partial charge < -0.3 is 15.2 Å². The molecular formula is C27H25F4N5O2S. The number of amides is 1. The summed E-state index contributed by atoms with van der Waals surface area (Å²) in [5.74, 6) is -1.61. The first-order chi connectivity index (χ1) is 18.4. The van der Waals surface area contributed by atoms with E-state index in [-0.39, 0.29) is 23.3 Å². The monoisotopic (exact) mass is 559 g/mol. The zero-order valence-corrected chi connectivity index (χ0v) is 22.1. The number of piperazine rings is 1. The molecule has 1 aliphatic heterocycles. The number of halogens is 4. The van der Waals surface area contributed by atoms with Crippen LogP contribution in [0, 0.1) is 5.82 Å². The van der Waals surface area contributed by atoms with E-state index in [1.54, 1.807) is 17.6 Å². The van der Waals surface area contributed by atoms with Gasteiger partial charge in [0.05, 0.1) is 38.2 Å². The van der Waals surface area contributed by atoms with Crippen LogP contribution >= 0.6 is 11.3 Å². The van der Waals surface area contributed by atoms with Crippen molar-refractivity contribution in [1.29, 1.82) is 0 Å². The number of nitrogens with zero attached hydrogens (tertiary/aromatic N) is 3. The van der Waals surface area contributed by atoms with Crippen molar-refractivity contribution in [1.82, 2.24) is 14.9 Å². The lowest BCUT2D eigenvalue weighted by atomic mass is 9.98. The molecule has 4 aromatic rings. The largest absolute Gasteiger partial charge is 0.417 e. The summed E-state index contributed by atoms with van der Waals surface area (Å²) in [7, 11) is 1.99. The van der Waals surface area contributed by atoms with Crippen LogP contribution in [0.15, 0.2) is 52.9 Å².